The van der Waals surface area contributed by atoms with Crippen LogP contribution < -0.4 is 15.8 Å². The van der Waals surface area contributed by atoms with E-state index in [2.05, 4.69) is 22.1 Å². The molecule has 0 aliphatic carbocycles. The molecule has 140 valence electrons. The lowest BCUT2D eigenvalue weighted by atomic mass is 10.0. The molecule has 0 saturated carbocycles. The summed E-state index contributed by atoms with van der Waals surface area (Å²) in [6.45, 7) is 15.2. The fourth-order valence-corrected chi connectivity index (χ4v) is 2.73. The highest BCUT2D eigenvalue weighted by molar-refractivity contribution is 6.33. The zero-order valence-corrected chi connectivity index (χ0v) is 17.1. The summed E-state index contributed by atoms with van der Waals surface area (Å²) in [5, 5.41) is 13.7. The third kappa shape index (κ3) is 5.15. The second-order valence-electron chi connectivity index (χ2n) is 5.69. The Kier molecular flexibility index (Phi) is 8.46. The monoisotopic (exact) mass is 375 g/mol. The molecule has 1 N–H and O–H groups in total. The molecule has 0 fully saturated rings. The number of nitrogens with zero attached hydrogens (tertiary/aromatic N) is 2. The molecule has 0 saturated heterocycles. The number of anilines is 1. The molecule has 0 radical (unpaired) electrons. The lowest BCUT2D eigenvalue weighted by Crippen LogP contribution is -2.33. The van der Waals surface area contributed by atoms with Crippen LogP contribution in [0.2, 0.25) is 0 Å². The van der Waals surface area contributed by atoms with Gasteiger partial charge in [-0.25, -0.2) is 4.39 Å². The van der Waals surface area contributed by atoms with Gasteiger partial charge in [-0.2, -0.15) is 5.10 Å². The minimum atomic E-state index is -0.276. The van der Waals surface area contributed by atoms with Crippen LogP contribution in [0.4, 0.5) is 10.2 Å². The zero-order chi connectivity index (χ0) is 19.9. The Morgan fingerprint density at radius 2 is 1.88 bits per heavy atom. The Morgan fingerprint density at radius 1 is 1.23 bits per heavy atom. The summed E-state index contributed by atoms with van der Waals surface area (Å²) in [7, 11) is 0. The maximum absolute atomic E-state index is 14.3. The molecule has 0 aliphatic rings. The van der Waals surface area contributed by atoms with Crippen molar-refractivity contribution < 1.29 is 4.39 Å². The molecular formula is C21H27ClFN3. The highest BCUT2D eigenvalue weighted by Gasteiger charge is 2.14. The first-order chi connectivity index (χ1) is 12.3. The van der Waals surface area contributed by atoms with E-state index in [1.807, 2.05) is 46.8 Å². The van der Waals surface area contributed by atoms with Crippen LogP contribution >= 0.6 is 11.6 Å². The van der Waals surface area contributed by atoms with Crippen LogP contribution in [0.25, 0.3) is 12.2 Å². The highest BCUT2D eigenvalue weighted by atomic mass is 35.5. The molecule has 26 heavy (non-hydrogen) atoms. The predicted molar refractivity (Wildman–Crippen MR) is 110 cm³/mol. The fourth-order valence-electron chi connectivity index (χ4n) is 2.62. The van der Waals surface area contributed by atoms with Gasteiger partial charge in [0, 0.05) is 21.0 Å². The number of aromatic nitrogens is 2. The van der Waals surface area contributed by atoms with Gasteiger partial charge in [0.15, 0.2) is 5.82 Å². The minimum Gasteiger partial charge on any atom is -0.361 e. The topological polar surface area (TPSA) is 37.8 Å². The molecule has 1 aromatic heterocycles. The normalized spacial score (nSPS) is 13.1. The van der Waals surface area contributed by atoms with E-state index in [9.17, 15) is 4.39 Å². The smallest absolute Gasteiger partial charge is 0.157 e. The molecule has 2 rings (SSSR count). The molecule has 0 bridgehead atoms. The van der Waals surface area contributed by atoms with Crippen molar-refractivity contribution in [3.8, 4) is 0 Å². The van der Waals surface area contributed by atoms with E-state index in [0.29, 0.717) is 22.0 Å². The zero-order valence-electron chi connectivity index (χ0n) is 16.3. The summed E-state index contributed by atoms with van der Waals surface area (Å²) in [5.74, 6) is 0.330. The second kappa shape index (κ2) is 10.1. The summed E-state index contributed by atoms with van der Waals surface area (Å²) < 4.78 is 14.3. The summed E-state index contributed by atoms with van der Waals surface area (Å²) >= 11 is 5.97. The number of allylic oxidation sites excluding steroid dienone is 1. The van der Waals surface area contributed by atoms with Gasteiger partial charge in [0.25, 0.3) is 0 Å². The van der Waals surface area contributed by atoms with E-state index in [0.717, 1.165) is 16.1 Å². The van der Waals surface area contributed by atoms with Gasteiger partial charge in [-0.15, -0.1) is 5.10 Å². The SMILES string of the molecule is C=C(Cl)/C=c1/c(NC(C)c2cccc(C)c2F)nnc(C)/c1=C/C.CC. The lowest BCUT2D eigenvalue weighted by molar-refractivity contribution is 0.591. The average Bonchev–Trinajstić information content (AvgIpc) is 2.61. The van der Waals surface area contributed by atoms with Gasteiger partial charge >= 0.3 is 0 Å². The summed E-state index contributed by atoms with van der Waals surface area (Å²) in [4.78, 5) is 0. The van der Waals surface area contributed by atoms with Gasteiger partial charge in [0.1, 0.15) is 5.82 Å². The summed E-state index contributed by atoms with van der Waals surface area (Å²) in [6, 6.07) is 5.07. The first-order valence-corrected chi connectivity index (χ1v) is 9.10. The molecule has 0 aliphatic heterocycles. The van der Waals surface area contributed by atoms with E-state index in [1.165, 1.54) is 0 Å². The van der Waals surface area contributed by atoms with Crippen LogP contribution in [0.3, 0.4) is 0 Å². The quantitative estimate of drug-likeness (QED) is 0.836. The number of rotatable bonds is 4. The first kappa shape index (κ1) is 21.8. The Balaban J connectivity index is 0.00000163. The molecule has 5 heteroatoms. The molecular weight excluding hydrogens is 349 g/mol. The van der Waals surface area contributed by atoms with Gasteiger partial charge in [0.05, 0.1) is 11.7 Å². The molecule has 1 heterocycles. The van der Waals surface area contributed by atoms with Crippen molar-refractivity contribution in [2.24, 2.45) is 0 Å². The maximum atomic E-state index is 14.3. The van der Waals surface area contributed by atoms with Gasteiger partial charge in [-0.3, -0.25) is 0 Å². The van der Waals surface area contributed by atoms with Gasteiger partial charge in [0.2, 0.25) is 0 Å². The van der Waals surface area contributed by atoms with Crippen LogP contribution in [0.15, 0.2) is 29.8 Å². The summed E-state index contributed by atoms with van der Waals surface area (Å²) in [5.41, 5.74) is 1.98. The minimum absolute atomic E-state index is 0.216. The Bertz CT molecular complexity index is 891. The van der Waals surface area contributed by atoms with Gasteiger partial charge < -0.3 is 5.32 Å². The van der Waals surface area contributed by atoms with E-state index in [4.69, 9.17) is 11.6 Å². The molecule has 2 aromatic rings. The van der Waals surface area contributed by atoms with Crippen molar-refractivity contribution in [1.29, 1.82) is 0 Å². The van der Waals surface area contributed by atoms with Crippen molar-refractivity contribution in [3.63, 3.8) is 0 Å². The Hall–Kier alpha value is -2.20. The van der Waals surface area contributed by atoms with E-state index in [-0.39, 0.29) is 11.9 Å². The van der Waals surface area contributed by atoms with Crippen LogP contribution in [0, 0.1) is 19.7 Å². The van der Waals surface area contributed by atoms with E-state index < -0.39 is 0 Å². The lowest BCUT2D eigenvalue weighted by Gasteiger charge is -2.17. The number of hydrogen-bond donors (Lipinski definition) is 1. The number of nitrogens with one attached hydrogen (secondary N) is 1. The van der Waals surface area contributed by atoms with Crippen LogP contribution in [0.1, 0.15) is 50.6 Å². The molecule has 1 atom stereocenters. The fraction of sp³-hybridized carbons (Fsp3) is 0.333. The number of hydrogen-bond acceptors (Lipinski definition) is 3. The van der Waals surface area contributed by atoms with Crippen LogP contribution in [-0.4, -0.2) is 10.2 Å². The van der Waals surface area contributed by atoms with Crippen molar-refractivity contribution in [1.82, 2.24) is 10.2 Å². The number of benzene rings is 1. The Morgan fingerprint density at radius 3 is 2.46 bits per heavy atom. The molecule has 0 amide bonds. The van der Waals surface area contributed by atoms with E-state index >= 15 is 0 Å². The van der Waals surface area contributed by atoms with E-state index in [1.54, 1.807) is 25.1 Å². The molecule has 1 unspecified atom stereocenters. The van der Waals surface area contributed by atoms with Gasteiger partial charge in [-0.05, 0) is 39.3 Å². The highest BCUT2D eigenvalue weighted by Crippen LogP contribution is 2.21. The average molecular weight is 376 g/mol. The summed E-state index contributed by atoms with van der Waals surface area (Å²) in [6.07, 6.45) is 3.68. The van der Waals surface area contributed by atoms with Crippen molar-refractivity contribution in [3.05, 3.63) is 62.9 Å². The second-order valence-corrected chi connectivity index (χ2v) is 6.17. The van der Waals surface area contributed by atoms with Crippen LogP contribution in [0.5, 0.6) is 0 Å². The Labute approximate surface area is 160 Å². The third-order valence-electron chi connectivity index (χ3n) is 3.87. The number of halogens is 2. The van der Waals surface area contributed by atoms with Crippen molar-refractivity contribution in [2.75, 3.05) is 5.32 Å². The standard InChI is InChI=1S/C19H21ClFN3.C2H6/c1-6-15-14(5)23-24-19(17(15)10-12(3)20)22-13(4)16-9-7-8-11(2)18(16)21;1-2/h6-10,13H,3H2,1-2,4-5H3,(H,22,24);1-2H3/b15-6-,17-10+;. The third-order valence-corrected chi connectivity index (χ3v) is 3.98. The number of aryl methyl sites for hydroxylation is 2. The molecule has 3 nitrogen and oxygen atoms in total. The van der Waals surface area contributed by atoms with Crippen molar-refractivity contribution in [2.45, 2.75) is 47.6 Å². The largest absolute Gasteiger partial charge is 0.361 e. The molecule has 0 spiro atoms. The molecule has 1 aromatic carbocycles. The van der Waals surface area contributed by atoms with Gasteiger partial charge in [-0.1, -0.05) is 56.3 Å². The van der Waals surface area contributed by atoms with Crippen LogP contribution in [-0.2, 0) is 0 Å². The predicted octanol–water partition coefficient (Wildman–Crippen LogP) is 4.77. The van der Waals surface area contributed by atoms with Crippen molar-refractivity contribution >= 4 is 29.6 Å². The maximum Gasteiger partial charge on any atom is 0.157 e. The first-order valence-electron chi connectivity index (χ1n) is 8.72.